The Morgan fingerprint density at radius 3 is 2.19 bits per heavy atom. The maximum atomic E-state index is 14.2. The summed E-state index contributed by atoms with van der Waals surface area (Å²) in [6.45, 7) is 5.96. The average molecular weight is 596 g/mol. The van der Waals surface area contributed by atoms with Crippen LogP contribution in [0.5, 0.6) is 11.5 Å². The molecule has 0 saturated carbocycles. The smallest absolute Gasteiger partial charge is 0.244 e. The highest BCUT2D eigenvalue weighted by Gasteiger charge is 2.33. The van der Waals surface area contributed by atoms with E-state index >= 15 is 0 Å². The van der Waals surface area contributed by atoms with E-state index in [-0.39, 0.29) is 36.2 Å². The maximum absolute atomic E-state index is 14.2. The van der Waals surface area contributed by atoms with Crippen LogP contribution in [0.4, 0.5) is 5.69 Å². The summed E-state index contributed by atoms with van der Waals surface area (Å²) in [6, 6.07) is 20.9. The summed E-state index contributed by atoms with van der Waals surface area (Å²) in [7, 11) is -1.03. The number of nitrogens with zero attached hydrogens (tertiary/aromatic N) is 2. The van der Waals surface area contributed by atoms with Gasteiger partial charge < -0.3 is 19.7 Å². The highest BCUT2D eigenvalue weighted by Crippen LogP contribution is 2.33. The SMILES string of the molecule is COc1ccc(N(CC(=O)N(Cc2cccc(C)c2)[C@H](Cc2ccccc2)C(=O)NCC(C)C)S(C)(=O)=O)c(OC)c1. The molecule has 0 aliphatic heterocycles. The van der Waals surface area contributed by atoms with E-state index in [1.807, 2.05) is 75.4 Å². The monoisotopic (exact) mass is 595 g/mol. The second-order valence-corrected chi connectivity index (χ2v) is 12.6. The highest BCUT2D eigenvalue weighted by atomic mass is 32.2. The van der Waals surface area contributed by atoms with E-state index in [9.17, 15) is 18.0 Å². The summed E-state index contributed by atoms with van der Waals surface area (Å²) in [4.78, 5) is 29.4. The molecule has 0 heterocycles. The fraction of sp³-hybridized carbons (Fsp3) is 0.375. The Morgan fingerprint density at radius 1 is 0.905 bits per heavy atom. The molecule has 9 nitrogen and oxygen atoms in total. The van der Waals surface area contributed by atoms with Crippen LogP contribution >= 0.6 is 0 Å². The quantitative estimate of drug-likeness (QED) is 0.300. The molecule has 1 atom stereocenters. The molecule has 3 aromatic rings. The molecule has 3 rings (SSSR count). The molecule has 0 bridgehead atoms. The number of aryl methyl sites for hydroxylation is 1. The van der Waals surface area contributed by atoms with Gasteiger partial charge in [0.2, 0.25) is 21.8 Å². The Kier molecular flexibility index (Phi) is 11.4. The van der Waals surface area contributed by atoms with Gasteiger partial charge in [0.15, 0.2) is 0 Å². The number of sulfonamides is 1. The van der Waals surface area contributed by atoms with Crippen molar-refractivity contribution in [2.75, 3.05) is 37.9 Å². The minimum Gasteiger partial charge on any atom is -0.497 e. The van der Waals surface area contributed by atoms with Crippen molar-refractivity contribution in [3.63, 3.8) is 0 Å². The van der Waals surface area contributed by atoms with Gasteiger partial charge in [-0.25, -0.2) is 8.42 Å². The van der Waals surface area contributed by atoms with Crippen molar-refractivity contribution < 1.29 is 27.5 Å². The Bertz CT molecular complexity index is 1460. The van der Waals surface area contributed by atoms with Gasteiger partial charge in [-0.15, -0.1) is 0 Å². The Morgan fingerprint density at radius 2 is 1.60 bits per heavy atom. The van der Waals surface area contributed by atoms with Gasteiger partial charge in [-0.2, -0.15) is 0 Å². The van der Waals surface area contributed by atoms with Gasteiger partial charge in [-0.3, -0.25) is 13.9 Å². The van der Waals surface area contributed by atoms with Gasteiger partial charge in [0.1, 0.15) is 24.1 Å². The molecule has 3 aromatic carbocycles. The first kappa shape index (κ1) is 32.5. The van der Waals surface area contributed by atoms with E-state index in [0.717, 1.165) is 27.3 Å². The molecule has 0 aliphatic carbocycles. The molecule has 0 spiro atoms. The van der Waals surface area contributed by atoms with Gasteiger partial charge in [0, 0.05) is 25.6 Å². The molecule has 0 unspecified atom stereocenters. The van der Waals surface area contributed by atoms with Crippen molar-refractivity contribution in [3.8, 4) is 11.5 Å². The number of nitrogens with one attached hydrogen (secondary N) is 1. The predicted molar refractivity (Wildman–Crippen MR) is 165 cm³/mol. The lowest BCUT2D eigenvalue weighted by molar-refractivity contribution is -0.140. The number of methoxy groups -OCH3 is 2. The first-order valence-electron chi connectivity index (χ1n) is 13.8. The van der Waals surface area contributed by atoms with Crippen LogP contribution in [0.3, 0.4) is 0 Å². The van der Waals surface area contributed by atoms with E-state index in [1.165, 1.54) is 25.2 Å². The fourth-order valence-electron chi connectivity index (χ4n) is 4.57. The van der Waals surface area contributed by atoms with Crippen LogP contribution in [0.2, 0.25) is 0 Å². The zero-order chi connectivity index (χ0) is 30.9. The van der Waals surface area contributed by atoms with Crippen molar-refractivity contribution in [1.82, 2.24) is 10.2 Å². The van der Waals surface area contributed by atoms with Crippen molar-refractivity contribution in [2.45, 2.75) is 39.8 Å². The van der Waals surface area contributed by atoms with Crippen LogP contribution < -0.4 is 19.1 Å². The van der Waals surface area contributed by atoms with Gasteiger partial charge in [-0.1, -0.05) is 74.0 Å². The van der Waals surface area contributed by atoms with Crippen LogP contribution in [0, 0.1) is 12.8 Å². The molecule has 0 radical (unpaired) electrons. The van der Waals surface area contributed by atoms with E-state index < -0.39 is 28.5 Å². The summed E-state index contributed by atoms with van der Waals surface area (Å²) in [5, 5.41) is 2.98. The number of amides is 2. The van der Waals surface area contributed by atoms with Gasteiger partial charge in [0.25, 0.3) is 0 Å². The Labute approximate surface area is 249 Å². The van der Waals surface area contributed by atoms with Crippen molar-refractivity contribution in [2.24, 2.45) is 5.92 Å². The van der Waals surface area contributed by atoms with Gasteiger partial charge >= 0.3 is 0 Å². The third-order valence-electron chi connectivity index (χ3n) is 6.73. The molecule has 0 aromatic heterocycles. The van der Waals surface area contributed by atoms with E-state index in [4.69, 9.17) is 9.47 Å². The number of hydrogen-bond donors (Lipinski definition) is 1. The summed E-state index contributed by atoms with van der Waals surface area (Å²) < 4.78 is 37.9. The second kappa shape index (κ2) is 14.7. The van der Waals surface area contributed by atoms with Crippen LogP contribution in [0.25, 0.3) is 0 Å². The van der Waals surface area contributed by atoms with E-state index in [0.29, 0.717) is 12.3 Å². The van der Waals surface area contributed by atoms with Crippen LogP contribution in [0.15, 0.2) is 72.8 Å². The van der Waals surface area contributed by atoms with Crippen LogP contribution in [0.1, 0.15) is 30.5 Å². The molecule has 0 aliphatic rings. The van der Waals surface area contributed by atoms with Crippen LogP contribution in [-0.2, 0) is 32.6 Å². The molecule has 1 N–H and O–H groups in total. The Hall–Kier alpha value is -4.05. The fourth-order valence-corrected chi connectivity index (χ4v) is 5.42. The summed E-state index contributed by atoms with van der Waals surface area (Å²) in [6.07, 6.45) is 1.29. The van der Waals surface area contributed by atoms with Gasteiger partial charge in [-0.05, 0) is 36.1 Å². The Balaban J connectivity index is 2.09. The zero-order valence-corrected chi connectivity index (χ0v) is 26.0. The van der Waals surface area contributed by atoms with Gasteiger partial charge in [0.05, 0.1) is 26.2 Å². The van der Waals surface area contributed by atoms with Crippen molar-refractivity contribution in [3.05, 3.63) is 89.5 Å². The number of carbonyl (C=O) groups excluding carboxylic acids is 2. The average Bonchev–Trinajstić information content (AvgIpc) is 2.96. The predicted octanol–water partition coefficient (Wildman–Crippen LogP) is 4.19. The molecule has 0 saturated heterocycles. The van der Waals surface area contributed by atoms with E-state index in [1.54, 1.807) is 12.1 Å². The second-order valence-electron chi connectivity index (χ2n) is 10.7. The number of rotatable bonds is 14. The summed E-state index contributed by atoms with van der Waals surface area (Å²) in [5.74, 6) is 0.0759. The lowest BCUT2D eigenvalue weighted by atomic mass is 10.0. The number of benzene rings is 3. The van der Waals surface area contributed by atoms with E-state index in [2.05, 4.69) is 5.32 Å². The zero-order valence-electron chi connectivity index (χ0n) is 25.2. The molecule has 0 fully saturated rings. The molecule has 226 valence electrons. The number of anilines is 1. The topological polar surface area (TPSA) is 105 Å². The minimum atomic E-state index is -3.94. The maximum Gasteiger partial charge on any atom is 0.244 e. The molecule has 10 heteroatoms. The summed E-state index contributed by atoms with van der Waals surface area (Å²) in [5.41, 5.74) is 2.89. The lowest BCUT2D eigenvalue weighted by Gasteiger charge is -2.34. The first-order chi connectivity index (χ1) is 19.9. The van der Waals surface area contributed by atoms with Crippen molar-refractivity contribution >= 4 is 27.5 Å². The highest BCUT2D eigenvalue weighted by molar-refractivity contribution is 7.92. The largest absolute Gasteiger partial charge is 0.497 e. The normalized spacial score (nSPS) is 12.0. The molecule has 42 heavy (non-hydrogen) atoms. The molecule has 2 amide bonds. The number of ether oxygens (including phenoxy) is 2. The molecular weight excluding hydrogens is 554 g/mol. The molecular formula is C32H41N3O6S. The third-order valence-corrected chi connectivity index (χ3v) is 7.85. The van der Waals surface area contributed by atoms with Crippen LogP contribution in [-0.4, -0.2) is 64.7 Å². The van der Waals surface area contributed by atoms with Crippen molar-refractivity contribution in [1.29, 1.82) is 0 Å². The lowest BCUT2D eigenvalue weighted by Crippen LogP contribution is -2.53. The minimum absolute atomic E-state index is 0.116. The third kappa shape index (κ3) is 8.97. The first-order valence-corrected chi connectivity index (χ1v) is 15.6. The number of carbonyl (C=O) groups is 2. The number of hydrogen-bond acceptors (Lipinski definition) is 6. The standard InChI is InChI=1S/C32H41N3O6S/c1-23(2)20-33-32(37)29(18-25-12-8-7-9-13-25)34(21-26-14-10-11-24(3)17-26)31(36)22-35(42(6,38)39)28-16-15-27(40-4)19-30(28)41-5/h7-17,19,23,29H,18,20-22H2,1-6H3,(H,33,37)/t29-/m1/s1. The summed E-state index contributed by atoms with van der Waals surface area (Å²) >= 11 is 0.